The quantitative estimate of drug-likeness (QED) is 0.663. The Morgan fingerprint density at radius 2 is 2.16 bits per heavy atom. The van der Waals surface area contributed by atoms with Gasteiger partial charge in [0.2, 0.25) is 17.6 Å². The standard InChI is InChI=1S/C15H15F2N3O5/c1-7(21)13(14(18)22)20-15(23)9-5-25-11(19-9)6-24-10-4-2-3-8(16)12(10)17/h2-5,7,13,21H,6H2,1H3,(H2,18,22)(H,20,23)/t7-,13+/m1/s1. The molecule has 0 aliphatic carbocycles. The molecule has 8 nitrogen and oxygen atoms in total. The highest BCUT2D eigenvalue weighted by Gasteiger charge is 2.25. The first-order valence-electron chi connectivity index (χ1n) is 7.09. The van der Waals surface area contributed by atoms with Crippen LogP contribution in [-0.2, 0) is 11.4 Å². The van der Waals surface area contributed by atoms with Gasteiger partial charge in [-0.25, -0.2) is 9.37 Å². The number of amides is 2. The zero-order chi connectivity index (χ0) is 18.6. The molecule has 2 rings (SSSR count). The van der Waals surface area contributed by atoms with Gasteiger partial charge in [-0.05, 0) is 19.1 Å². The molecule has 0 unspecified atom stereocenters. The van der Waals surface area contributed by atoms with Crippen molar-refractivity contribution in [2.24, 2.45) is 5.73 Å². The summed E-state index contributed by atoms with van der Waals surface area (Å²) in [7, 11) is 0. The summed E-state index contributed by atoms with van der Waals surface area (Å²) < 4.78 is 36.5. The van der Waals surface area contributed by atoms with Gasteiger partial charge in [0, 0.05) is 0 Å². The largest absolute Gasteiger partial charge is 0.481 e. The summed E-state index contributed by atoms with van der Waals surface area (Å²) in [5, 5.41) is 11.6. The lowest BCUT2D eigenvalue weighted by molar-refractivity contribution is -0.122. The fraction of sp³-hybridized carbons (Fsp3) is 0.267. The Labute approximate surface area is 140 Å². The highest BCUT2D eigenvalue weighted by atomic mass is 19.2. The molecule has 134 valence electrons. The minimum Gasteiger partial charge on any atom is -0.481 e. The Morgan fingerprint density at radius 1 is 1.44 bits per heavy atom. The molecule has 1 aromatic carbocycles. The molecule has 0 saturated heterocycles. The van der Waals surface area contributed by atoms with Crippen LogP contribution in [0.25, 0.3) is 0 Å². The summed E-state index contributed by atoms with van der Waals surface area (Å²) in [5.74, 6) is -4.38. The number of oxazole rings is 1. The van der Waals surface area contributed by atoms with Gasteiger partial charge < -0.3 is 25.3 Å². The van der Waals surface area contributed by atoms with Crippen LogP contribution in [-0.4, -0.2) is 34.1 Å². The third kappa shape index (κ3) is 4.51. The Hall–Kier alpha value is -3.01. The maximum Gasteiger partial charge on any atom is 0.273 e. The van der Waals surface area contributed by atoms with Crippen molar-refractivity contribution < 1.29 is 32.6 Å². The predicted molar refractivity (Wildman–Crippen MR) is 79.3 cm³/mol. The van der Waals surface area contributed by atoms with E-state index in [1.54, 1.807) is 0 Å². The molecule has 2 amide bonds. The van der Waals surface area contributed by atoms with Crippen LogP contribution >= 0.6 is 0 Å². The monoisotopic (exact) mass is 355 g/mol. The fourth-order valence-corrected chi connectivity index (χ4v) is 1.86. The highest BCUT2D eigenvalue weighted by molar-refractivity contribution is 5.95. The third-order valence-corrected chi connectivity index (χ3v) is 3.13. The van der Waals surface area contributed by atoms with E-state index in [9.17, 15) is 23.5 Å². The first-order chi connectivity index (χ1) is 11.8. The minimum atomic E-state index is -1.30. The summed E-state index contributed by atoms with van der Waals surface area (Å²) in [6, 6.07) is 2.12. The number of nitrogens with zero attached hydrogens (tertiary/aromatic N) is 1. The molecule has 2 atom stereocenters. The summed E-state index contributed by atoms with van der Waals surface area (Å²) in [5.41, 5.74) is 4.86. The molecule has 0 radical (unpaired) electrons. The number of hydrogen-bond donors (Lipinski definition) is 3. The van der Waals surface area contributed by atoms with Gasteiger partial charge in [-0.15, -0.1) is 0 Å². The molecule has 0 spiro atoms. The highest BCUT2D eigenvalue weighted by Crippen LogP contribution is 2.20. The van der Waals surface area contributed by atoms with Crippen LogP contribution in [0.2, 0.25) is 0 Å². The lowest BCUT2D eigenvalue weighted by Gasteiger charge is -2.16. The Bertz CT molecular complexity index is 778. The Kier molecular flexibility index (Phi) is 5.65. The first-order valence-corrected chi connectivity index (χ1v) is 7.09. The number of rotatable bonds is 7. The van der Waals surface area contributed by atoms with Gasteiger partial charge in [0.1, 0.15) is 12.3 Å². The molecular formula is C15H15F2N3O5. The molecule has 0 aliphatic heterocycles. The maximum atomic E-state index is 13.4. The van der Waals surface area contributed by atoms with Crippen molar-refractivity contribution in [3.63, 3.8) is 0 Å². The number of carbonyl (C=O) groups is 2. The van der Waals surface area contributed by atoms with Crippen LogP contribution < -0.4 is 15.8 Å². The van der Waals surface area contributed by atoms with Crippen LogP contribution in [0.15, 0.2) is 28.9 Å². The van der Waals surface area contributed by atoms with Gasteiger partial charge in [-0.3, -0.25) is 9.59 Å². The molecule has 0 fully saturated rings. The van der Waals surface area contributed by atoms with Gasteiger partial charge in [-0.1, -0.05) is 6.07 Å². The van der Waals surface area contributed by atoms with E-state index in [-0.39, 0.29) is 23.9 Å². The Morgan fingerprint density at radius 3 is 2.80 bits per heavy atom. The molecule has 10 heteroatoms. The van der Waals surface area contributed by atoms with E-state index in [1.807, 2.05) is 0 Å². The lowest BCUT2D eigenvalue weighted by atomic mass is 10.1. The molecule has 2 aromatic rings. The normalized spacial score (nSPS) is 13.1. The second kappa shape index (κ2) is 7.71. The number of halogens is 2. The summed E-state index contributed by atoms with van der Waals surface area (Å²) in [6.45, 7) is 0.925. The van der Waals surface area contributed by atoms with Crippen LogP contribution in [0, 0.1) is 11.6 Å². The molecule has 25 heavy (non-hydrogen) atoms. The number of aliphatic hydroxyl groups excluding tert-OH is 1. The number of aromatic nitrogens is 1. The van der Waals surface area contributed by atoms with Crippen molar-refractivity contribution in [1.29, 1.82) is 0 Å². The number of primary amides is 1. The van der Waals surface area contributed by atoms with Crippen molar-refractivity contribution in [1.82, 2.24) is 10.3 Å². The molecule has 4 N–H and O–H groups in total. The van der Waals surface area contributed by atoms with Crippen LogP contribution in [0.1, 0.15) is 23.3 Å². The second-order valence-electron chi connectivity index (χ2n) is 5.06. The average molecular weight is 355 g/mol. The smallest absolute Gasteiger partial charge is 0.273 e. The van der Waals surface area contributed by atoms with Gasteiger partial charge in [0.25, 0.3) is 5.91 Å². The predicted octanol–water partition coefficient (Wildman–Crippen LogP) is 0.496. The average Bonchev–Trinajstić information content (AvgIpc) is 3.02. The van der Waals surface area contributed by atoms with E-state index < -0.39 is 35.6 Å². The maximum absolute atomic E-state index is 13.4. The number of aliphatic hydroxyl groups is 1. The van der Waals surface area contributed by atoms with Crippen molar-refractivity contribution in [3.8, 4) is 5.75 Å². The first kappa shape index (κ1) is 18.3. The van der Waals surface area contributed by atoms with E-state index in [1.165, 1.54) is 19.1 Å². The van der Waals surface area contributed by atoms with Crippen molar-refractivity contribution in [2.75, 3.05) is 0 Å². The topological polar surface area (TPSA) is 128 Å². The van der Waals surface area contributed by atoms with Crippen LogP contribution in [0.3, 0.4) is 0 Å². The van der Waals surface area contributed by atoms with Crippen LogP contribution in [0.5, 0.6) is 5.75 Å². The fourth-order valence-electron chi connectivity index (χ4n) is 1.86. The SMILES string of the molecule is C[C@@H](O)[C@H](NC(=O)c1coc(COc2cccc(F)c2F)n1)C(N)=O. The van der Waals surface area contributed by atoms with E-state index >= 15 is 0 Å². The zero-order valence-electron chi connectivity index (χ0n) is 13.0. The van der Waals surface area contributed by atoms with Gasteiger partial charge in [0.15, 0.2) is 23.9 Å². The van der Waals surface area contributed by atoms with E-state index in [2.05, 4.69) is 10.3 Å². The third-order valence-electron chi connectivity index (χ3n) is 3.13. The summed E-state index contributed by atoms with van der Waals surface area (Å²) >= 11 is 0. The van der Waals surface area contributed by atoms with Crippen molar-refractivity contribution >= 4 is 11.8 Å². The number of ether oxygens (including phenoxy) is 1. The van der Waals surface area contributed by atoms with Crippen molar-refractivity contribution in [2.45, 2.75) is 25.7 Å². The van der Waals surface area contributed by atoms with E-state index in [4.69, 9.17) is 14.9 Å². The molecular weight excluding hydrogens is 340 g/mol. The number of nitrogens with two attached hydrogens (primary N) is 1. The summed E-state index contributed by atoms with van der Waals surface area (Å²) in [4.78, 5) is 26.9. The van der Waals surface area contributed by atoms with Crippen molar-refractivity contribution in [3.05, 3.63) is 47.7 Å². The number of nitrogens with one attached hydrogen (secondary N) is 1. The van der Waals surface area contributed by atoms with E-state index in [0.29, 0.717) is 0 Å². The number of carbonyl (C=O) groups excluding carboxylic acids is 2. The van der Waals surface area contributed by atoms with Crippen LogP contribution in [0.4, 0.5) is 8.78 Å². The second-order valence-corrected chi connectivity index (χ2v) is 5.06. The van der Waals surface area contributed by atoms with Gasteiger partial charge in [0.05, 0.1) is 6.10 Å². The molecule has 0 saturated carbocycles. The molecule has 0 bridgehead atoms. The molecule has 0 aliphatic rings. The molecule has 1 aromatic heterocycles. The van der Waals surface area contributed by atoms with Gasteiger partial charge in [-0.2, -0.15) is 4.39 Å². The summed E-state index contributed by atoms with van der Waals surface area (Å²) in [6.07, 6.45) is -0.220. The van der Waals surface area contributed by atoms with Gasteiger partial charge >= 0.3 is 0 Å². The lowest BCUT2D eigenvalue weighted by Crippen LogP contribution is -2.50. The van der Waals surface area contributed by atoms with E-state index in [0.717, 1.165) is 12.3 Å². The number of hydrogen-bond acceptors (Lipinski definition) is 6. The Balaban J connectivity index is 2.01. The molecule has 1 heterocycles. The zero-order valence-corrected chi connectivity index (χ0v) is 13.0. The minimum absolute atomic E-state index is 0.0820. The number of benzene rings is 1.